The number of carbonyl (C=O) groups is 2. The zero-order chi connectivity index (χ0) is 20.3. The SMILES string of the molecule is CCC1=C(C(=O)OC(C)C)C(c2cc([N+](=O)[O-])cc(OC)c2O)NC(=O)N1. The van der Waals surface area contributed by atoms with Gasteiger partial charge in [0.05, 0.1) is 35.8 Å². The Balaban J connectivity index is 2.69. The molecule has 2 amide bonds. The number of hydrogen-bond acceptors (Lipinski definition) is 7. The normalized spacial score (nSPS) is 16.6. The molecule has 1 heterocycles. The number of hydrogen-bond donors (Lipinski definition) is 3. The van der Waals surface area contributed by atoms with Crippen LogP contribution in [-0.4, -0.2) is 35.2 Å². The number of nitrogens with one attached hydrogen (secondary N) is 2. The van der Waals surface area contributed by atoms with Crippen LogP contribution in [0.1, 0.15) is 38.8 Å². The van der Waals surface area contributed by atoms with Crippen molar-refractivity contribution in [3.63, 3.8) is 0 Å². The lowest BCUT2D eigenvalue weighted by molar-refractivity contribution is -0.385. The van der Waals surface area contributed by atoms with Crippen molar-refractivity contribution in [1.29, 1.82) is 0 Å². The molecule has 0 fully saturated rings. The molecule has 1 aromatic rings. The molecule has 0 bridgehead atoms. The molecule has 10 nitrogen and oxygen atoms in total. The van der Waals surface area contributed by atoms with Crippen molar-refractivity contribution < 1.29 is 29.1 Å². The third-order valence-electron chi connectivity index (χ3n) is 3.90. The van der Waals surface area contributed by atoms with Crippen molar-refractivity contribution in [2.75, 3.05) is 7.11 Å². The van der Waals surface area contributed by atoms with E-state index >= 15 is 0 Å². The Bertz CT molecular complexity index is 817. The highest BCUT2D eigenvalue weighted by Crippen LogP contribution is 2.41. The Morgan fingerprint density at radius 2 is 2.07 bits per heavy atom. The smallest absolute Gasteiger partial charge is 0.338 e. The van der Waals surface area contributed by atoms with Gasteiger partial charge in [0.25, 0.3) is 5.69 Å². The van der Waals surface area contributed by atoms with Gasteiger partial charge in [-0.1, -0.05) is 6.92 Å². The number of aromatic hydroxyl groups is 1. The number of amides is 2. The number of nitrogens with zero attached hydrogens (tertiary/aromatic N) is 1. The van der Waals surface area contributed by atoms with Crippen LogP contribution in [0.25, 0.3) is 0 Å². The number of allylic oxidation sites excluding steroid dienone is 1. The van der Waals surface area contributed by atoms with E-state index in [1.807, 2.05) is 0 Å². The summed E-state index contributed by atoms with van der Waals surface area (Å²) in [5, 5.41) is 26.8. The van der Waals surface area contributed by atoms with E-state index in [1.165, 1.54) is 7.11 Å². The van der Waals surface area contributed by atoms with Gasteiger partial charge in [0.2, 0.25) is 0 Å². The van der Waals surface area contributed by atoms with E-state index in [2.05, 4.69) is 10.6 Å². The number of rotatable bonds is 6. The lowest BCUT2D eigenvalue weighted by Gasteiger charge is -2.30. The average molecular weight is 379 g/mol. The number of phenolic OH excluding ortho intramolecular Hbond substituents is 1. The van der Waals surface area contributed by atoms with E-state index in [1.54, 1.807) is 20.8 Å². The predicted molar refractivity (Wildman–Crippen MR) is 94.3 cm³/mol. The highest BCUT2D eigenvalue weighted by Gasteiger charge is 2.36. The molecule has 2 rings (SSSR count). The molecule has 3 N–H and O–H groups in total. The molecule has 0 aliphatic carbocycles. The Kier molecular flexibility index (Phi) is 5.88. The fourth-order valence-corrected chi connectivity index (χ4v) is 2.74. The Labute approximate surface area is 155 Å². The van der Waals surface area contributed by atoms with Gasteiger partial charge in [0.15, 0.2) is 11.5 Å². The summed E-state index contributed by atoms with van der Waals surface area (Å²) < 4.78 is 10.2. The zero-order valence-electron chi connectivity index (χ0n) is 15.4. The summed E-state index contributed by atoms with van der Waals surface area (Å²) in [7, 11) is 1.24. The van der Waals surface area contributed by atoms with Crippen LogP contribution in [0.15, 0.2) is 23.4 Å². The fourth-order valence-electron chi connectivity index (χ4n) is 2.74. The van der Waals surface area contributed by atoms with Crippen molar-refractivity contribution >= 4 is 17.7 Å². The number of non-ortho nitro benzene ring substituents is 1. The Hall–Kier alpha value is -3.30. The van der Waals surface area contributed by atoms with Crippen molar-refractivity contribution in [3.05, 3.63) is 39.1 Å². The summed E-state index contributed by atoms with van der Waals surface area (Å²) in [5.41, 5.74) is -0.0393. The lowest BCUT2D eigenvalue weighted by Crippen LogP contribution is -2.46. The van der Waals surface area contributed by atoms with Gasteiger partial charge in [-0.05, 0) is 20.3 Å². The lowest BCUT2D eigenvalue weighted by atomic mass is 9.93. The first-order chi connectivity index (χ1) is 12.7. The molecule has 1 aliphatic rings. The van der Waals surface area contributed by atoms with Crippen LogP contribution in [0.5, 0.6) is 11.5 Å². The molecular weight excluding hydrogens is 358 g/mol. The molecule has 10 heteroatoms. The zero-order valence-corrected chi connectivity index (χ0v) is 15.4. The van der Waals surface area contributed by atoms with E-state index in [0.717, 1.165) is 12.1 Å². The van der Waals surface area contributed by atoms with E-state index in [0.29, 0.717) is 12.1 Å². The number of carbonyl (C=O) groups excluding carboxylic acids is 2. The highest BCUT2D eigenvalue weighted by atomic mass is 16.6. The molecule has 0 saturated carbocycles. The van der Waals surface area contributed by atoms with Crippen LogP contribution in [0.3, 0.4) is 0 Å². The molecule has 27 heavy (non-hydrogen) atoms. The standard InChI is InChI=1S/C17H21N3O7/c1-5-11-13(16(22)27-8(2)3)14(19-17(23)18-11)10-6-9(20(24)25)7-12(26-4)15(10)21/h6-8,14,21H,5H2,1-4H3,(H2,18,19,23). The third-order valence-corrected chi connectivity index (χ3v) is 3.90. The number of benzene rings is 1. The maximum atomic E-state index is 12.6. The summed E-state index contributed by atoms with van der Waals surface area (Å²) in [5.74, 6) is -1.27. The number of nitro benzene ring substituents is 1. The minimum atomic E-state index is -1.14. The van der Waals surface area contributed by atoms with Crippen molar-refractivity contribution in [2.24, 2.45) is 0 Å². The third kappa shape index (κ3) is 4.10. The van der Waals surface area contributed by atoms with Gasteiger partial charge in [-0.25, -0.2) is 9.59 Å². The molecule has 146 valence electrons. The van der Waals surface area contributed by atoms with E-state index < -0.39 is 34.8 Å². The molecule has 0 radical (unpaired) electrons. The molecule has 1 aliphatic heterocycles. The summed E-state index contributed by atoms with van der Waals surface area (Å²) in [6.45, 7) is 5.07. The molecule has 1 unspecified atom stereocenters. The quantitative estimate of drug-likeness (QED) is 0.391. The van der Waals surface area contributed by atoms with Gasteiger partial charge in [-0.15, -0.1) is 0 Å². The van der Waals surface area contributed by atoms with Crippen LogP contribution < -0.4 is 15.4 Å². The van der Waals surface area contributed by atoms with Crippen LogP contribution in [0.4, 0.5) is 10.5 Å². The van der Waals surface area contributed by atoms with Crippen LogP contribution >= 0.6 is 0 Å². The average Bonchev–Trinajstić information content (AvgIpc) is 2.60. The second-order valence-corrected chi connectivity index (χ2v) is 6.07. The topological polar surface area (TPSA) is 140 Å². The second-order valence-electron chi connectivity index (χ2n) is 6.07. The van der Waals surface area contributed by atoms with E-state index in [9.17, 15) is 24.8 Å². The minimum absolute atomic E-state index is 0.0439. The number of ether oxygens (including phenoxy) is 2. The number of methoxy groups -OCH3 is 1. The van der Waals surface area contributed by atoms with Crippen molar-refractivity contribution in [1.82, 2.24) is 10.6 Å². The first-order valence-electron chi connectivity index (χ1n) is 8.26. The maximum Gasteiger partial charge on any atom is 0.338 e. The van der Waals surface area contributed by atoms with Gasteiger partial charge in [0, 0.05) is 17.3 Å². The maximum absolute atomic E-state index is 12.6. The highest BCUT2D eigenvalue weighted by molar-refractivity contribution is 5.95. The minimum Gasteiger partial charge on any atom is -0.504 e. The molecule has 1 atom stereocenters. The summed E-state index contributed by atoms with van der Waals surface area (Å²) in [6, 6.07) is 0.388. The van der Waals surface area contributed by atoms with Crippen molar-refractivity contribution in [2.45, 2.75) is 39.3 Å². The van der Waals surface area contributed by atoms with Crippen molar-refractivity contribution in [3.8, 4) is 11.5 Å². The first-order valence-corrected chi connectivity index (χ1v) is 8.26. The van der Waals surface area contributed by atoms with Crippen LogP contribution in [0.2, 0.25) is 0 Å². The summed E-state index contributed by atoms with van der Waals surface area (Å²) in [4.78, 5) is 35.2. The predicted octanol–water partition coefficient (Wildman–Crippen LogP) is 2.28. The van der Waals surface area contributed by atoms with Gasteiger partial charge < -0.3 is 25.2 Å². The van der Waals surface area contributed by atoms with E-state index in [4.69, 9.17) is 9.47 Å². The largest absolute Gasteiger partial charge is 0.504 e. The summed E-state index contributed by atoms with van der Waals surface area (Å²) in [6.07, 6.45) is -0.117. The van der Waals surface area contributed by atoms with Crippen LogP contribution in [0, 0.1) is 10.1 Å². The van der Waals surface area contributed by atoms with E-state index in [-0.39, 0.29) is 22.6 Å². The molecule has 0 aromatic heterocycles. The number of phenols is 1. The number of esters is 1. The first kappa shape index (κ1) is 20.0. The van der Waals surface area contributed by atoms with Gasteiger partial charge in [0.1, 0.15) is 0 Å². The number of nitro groups is 1. The van der Waals surface area contributed by atoms with Gasteiger partial charge >= 0.3 is 12.0 Å². The summed E-state index contributed by atoms with van der Waals surface area (Å²) >= 11 is 0. The van der Waals surface area contributed by atoms with Gasteiger partial charge in [-0.2, -0.15) is 0 Å². The fraction of sp³-hybridized carbons (Fsp3) is 0.412. The Morgan fingerprint density at radius 1 is 1.41 bits per heavy atom. The molecule has 0 spiro atoms. The number of urea groups is 1. The van der Waals surface area contributed by atoms with Gasteiger partial charge in [-0.3, -0.25) is 10.1 Å². The Morgan fingerprint density at radius 3 is 2.59 bits per heavy atom. The molecule has 0 saturated heterocycles. The van der Waals surface area contributed by atoms with Crippen LogP contribution in [-0.2, 0) is 9.53 Å². The second kappa shape index (κ2) is 7.94. The molecular formula is C17H21N3O7. The monoisotopic (exact) mass is 379 g/mol. The molecule has 1 aromatic carbocycles.